The Morgan fingerprint density at radius 3 is 2.03 bits per heavy atom. The molecule has 0 aliphatic rings. The van der Waals surface area contributed by atoms with Gasteiger partial charge in [-0.1, -0.05) is 73.9 Å². The van der Waals surface area contributed by atoms with Crippen LogP contribution in [0.15, 0.2) is 78.9 Å². The van der Waals surface area contributed by atoms with Gasteiger partial charge in [0, 0.05) is 17.2 Å². The molecule has 0 radical (unpaired) electrons. The van der Waals surface area contributed by atoms with Gasteiger partial charge >= 0.3 is 0 Å². The second-order valence-electron chi connectivity index (χ2n) is 8.79. The maximum absolute atomic E-state index is 14.7. The number of ether oxygens (including phenoxy) is 2. The smallest absolute Gasteiger partial charge is 0.201 e. The Balaban J connectivity index is 1.40. The number of hydrogen-bond donors (Lipinski definition) is 0. The van der Waals surface area contributed by atoms with Crippen molar-refractivity contribution < 1.29 is 22.6 Å². The second kappa shape index (κ2) is 11.8. The van der Waals surface area contributed by atoms with Crippen LogP contribution in [0.25, 0.3) is 22.3 Å². The largest absolute Gasteiger partial charge is 0.493 e. The van der Waals surface area contributed by atoms with Crippen molar-refractivity contribution in [3.05, 3.63) is 107 Å². The summed E-state index contributed by atoms with van der Waals surface area (Å²) in [5.41, 5.74) is 3.73. The second-order valence-corrected chi connectivity index (χ2v) is 8.79. The van der Waals surface area contributed by atoms with Gasteiger partial charge in [0.25, 0.3) is 0 Å². The van der Waals surface area contributed by atoms with Gasteiger partial charge < -0.3 is 9.47 Å². The summed E-state index contributed by atoms with van der Waals surface area (Å²) >= 11 is 0. The van der Waals surface area contributed by atoms with E-state index in [1.165, 1.54) is 18.2 Å². The Morgan fingerprint density at radius 2 is 1.33 bits per heavy atom. The summed E-state index contributed by atoms with van der Waals surface area (Å²) in [7, 11) is 0. The minimum Gasteiger partial charge on any atom is -0.493 e. The van der Waals surface area contributed by atoms with Crippen LogP contribution in [0, 0.1) is 24.4 Å². The maximum Gasteiger partial charge on any atom is 0.201 e. The molecule has 2 nitrogen and oxygen atoms in total. The monoisotopic (exact) mass is 490 g/mol. The molecule has 186 valence electrons. The first-order valence-electron chi connectivity index (χ1n) is 12.2. The highest BCUT2D eigenvalue weighted by molar-refractivity contribution is 5.66. The Hall–Kier alpha value is -3.73. The number of halogens is 3. The van der Waals surface area contributed by atoms with E-state index in [-0.39, 0.29) is 23.7 Å². The molecule has 0 unspecified atom stereocenters. The molecule has 0 atom stereocenters. The molecule has 0 aliphatic carbocycles. The molecule has 0 amide bonds. The van der Waals surface area contributed by atoms with Crippen molar-refractivity contribution in [3.63, 3.8) is 0 Å². The van der Waals surface area contributed by atoms with Crippen LogP contribution in [0.4, 0.5) is 13.2 Å². The third kappa shape index (κ3) is 6.09. The lowest BCUT2D eigenvalue weighted by Crippen LogP contribution is -2.00. The van der Waals surface area contributed by atoms with Crippen LogP contribution in [-0.2, 0) is 6.61 Å². The van der Waals surface area contributed by atoms with Gasteiger partial charge in [0.1, 0.15) is 18.2 Å². The molecule has 4 aromatic rings. The molecule has 0 bridgehead atoms. The lowest BCUT2D eigenvalue weighted by atomic mass is 10.0. The normalized spacial score (nSPS) is 10.9. The molecule has 36 heavy (non-hydrogen) atoms. The predicted molar refractivity (Wildman–Crippen MR) is 138 cm³/mol. The highest BCUT2D eigenvalue weighted by Gasteiger charge is 2.16. The molecule has 4 rings (SSSR count). The highest BCUT2D eigenvalue weighted by Crippen LogP contribution is 2.31. The Labute approximate surface area is 210 Å². The van der Waals surface area contributed by atoms with E-state index in [0.29, 0.717) is 29.0 Å². The van der Waals surface area contributed by atoms with Crippen LogP contribution < -0.4 is 9.47 Å². The van der Waals surface area contributed by atoms with Crippen molar-refractivity contribution >= 4 is 0 Å². The van der Waals surface area contributed by atoms with Crippen molar-refractivity contribution in [2.75, 3.05) is 6.61 Å². The fraction of sp³-hybridized carbons (Fsp3) is 0.226. The van der Waals surface area contributed by atoms with Crippen molar-refractivity contribution in [1.82, 2.24) is 0 Å². The summed E-state index contributed by atoms with van der Waals surface area (Å²) in [5, 5.41) is 0. The molecule has 0 saturated heterocycles. The molecule has 0 heterocycles. The number of benzene rings is 4. The van der Waals surface area contributed by atoms with E-state index < -0.39 is 11.6 Å². The van der Waals surface area contributed by atoms with E-state index in [1.807, 2.05) is 19.1 Å². The molecule has 5 heteroatoms. The van der Waals surface area contributed by atoms with Gasteiger partial charge in [0.2, 0.25) is 5.82 Å². The average Bonchev–Trinajstić information content (AvgIpc) is 2.89. The first kappa shape index (κ1) is 25.4. The van der Waals surface area contributed by atoms with Crippen LogP contribution in [0.2, 0.25) is 0 Å². The quantitative estimate of drug-likeness (QED) is 0.207. The van der Waals surface area contributed by atoms with E-state index in [4.69, 9.17) is 9.47 Å². The molecule has 0 fully saturated rings. The summed E-state index contributed by atoms with van der Waals surface area (Å²) in [6, 6.07) is 22.1. The van der Waals surface area contributed by atoms with Gasteiger partial charge in [-0.3, -0.25) is 0 Å². The number of aryl methyl sites for hydroxylation is 1. The first-order valence-corrected chi connectivity index (χ1v) is 12.2. The van der Waals surface area contributed by atoms with Gasteiger partial charge in [-0.15, -0.1) is 0 Å². The van der Waals surface area contributed by atoms with Crippen molar-refractivity contribution in [2.45, 2.75) is 39.7 Å². The molecule has 0 saturated carbocycles. The summed E-state index contributed by atoms with van der Waals surface area (Å²) in [6.07, 6.45) is 3.12. The van der Waals surface area contributed by atoms with Crippen LogP contribution in [0.3, 0.4) is 0 Å². The molecular formula is C31H29F3O2. The van der Waals surface area contributed by atoms with Crippen molar-refractivity contribution in [2.24, 2.45) is 0 Å². The summed E-state index contributed by atoms with van der Waals surface area (Å²) in [4.78, 5) is 0. The number of hydrogen-bond acceptors (Lipinski definition) is 2. The number of rotatable bonds is 10. The van der Waals surface area contributed by atoms with Crippen molar-refractivity contribution in [1.29, 1.82) is 0 Å². The zero-order chi connectivity index (χ0) is 25.5. The molecule has 0 spiro atoms. The van der Waals surface area contributed by atoms with Gasteiger partial charge in [-0.05, 0) is 54.3 Å². The predicted octanol–water partition coefficient (Wildman–Crippen LogP) is 8.89. The average molecular weight is 491 g/mol. The Kier molecular flexibility index (Phi) is 8.32. The minimum absolute atomic E-state index is 0.0491. The fourth-order valence-corrected chi connectivity index (χ4v) is 3.90. The Morgan fingerprint density at radius 1 is 0.667 bits per heavy atom. The standard InChI is InChI=1S/C31H29F3O2/c1-3-4-5-18-35-25-14-15-26(28(32)19-25)23-12-8-22(9-13-23)20-36-29-17-16-27(30(33)31(29)34)24-10-6-21(2)7-11-24/h6-17,19H,3-5,18,20H2,1-2H3. The molecule has 0 aliphatic heterocycles. The lowest BCUT2D eigenvalue weighted by molar-refractivity contribution is 0.285. The van der Waals surface area contributed by atoms with Crippen molar-refractivity contribution in [3.8, 4) is 33.8 Å². The first-order chi connectivity index (χ1) is 17.5. The third-order valence-electron chi connectivity index (χ3n) is 6.03. The maximum atomic E-state index is 14.7. The fourth-order valence-electron chi connectivity index (χ4n) is 3.90. The van der Waals surface area contributed by atoms with Crippen LogP contribution in [-0.4, -0.2) is 6.61 Å². The zero-order valence-electron chi connectivity index (χ0n) is 20.5. The Bertz CT molecular complexity index is 1300. The van der Waals surface area contributed by atoms with E-state index in [0.717, 1.165) is 30.4 Å². The molecule has 4 aromatic carbocycles. The van der Waals surface area contributed by atoms with Crippen LogP contribution in [0.5, 0.6) is 11.5 Å². The molecular weight excluding hydrogens is 461 g/mol. The van der Waals surface area contributed by atoms with Gasteiger partial charge in [-0.25, -0.2) is 8.78 Å². The van der Waals surface area contributed by atoms with E-state index in [2.05, 4.69) is 6.92 Å². The summed E-state index contributed by atoms with van der Waals surface area (Å²) < 4.78 is 55.2. The van der Waals surface area contributed by atoms with Gasteiger partial charge in [-0.2, -0.15) is 4.39 Å². The lowest BCUT2D eigenvalue weighted by Gasteiger charge is -2.12. The van der Waals surface area contributed by atoms with E-state index in [1.54, 1.807) is 48.5 Å². The van der Waals surface area contributed by atoms with Gasteiger partial charge in [0.15, 0.2) is 11.6 Å². The van der Waals surface area contributed by atoms with E-state index in [9.17, 15) is 13.2 Å². The van der Waals surface area contributed by atoms with Crippen LogP contribution in [0.1, 0.15) is 37.3 Å². The zero-order valence-corrected chi connectivity index (χ0v) is 20.5. The summed E-state index contributed by atoms with van der Waals surface area (Å²) in [6.45, 7) is 4.67. The SMILES string of the molecule is CCCCCOc1ccc(-c2ccc(COc3ccc(-c4ccc(C)cc4)c(F)c3F)cc2)c(F)c1. The minimum atomic E-state index is -1.02. The summed E-state index contributed by atoms with van der Waals surface area (Å²) in [5.74, 6) is -1.98. The number of unbranched alkanes of at least 4 members (excludes halogenated alkanes) is 2. The molecule has 0 aromatic heterocycles. The molecule has 0 N–H and O–H groups in total. The van der Waals surface area contributed by atoms with Crippen LogP contribution >= 0.6 is 0 Å². The van der Waals surface area contributed by atoms with E-state index >= 15 is 0 Å². The third-order valence-corrected chi connectivity index (χ3v) is 6.03. The topological polar surface area (TPSA) is 18.5 Å². The van der Waals surface area contributed by atoms with Gasteiger partial charge in [0.05, 0.1) is 6.61 Å². The highest BCUT2D eigenvalue weighted by atomic mass is 19.2.